The minimum atomic E-state index is -0.420. The second kappa shape index (κ2) is 6.34. The van der Waals surface area contributed by atoms with Crippen LogP contribution in [0.3, 0.4) is 0 Å². The van der Waals surface area contributed by atoms with Crippen LogP contribution in [0.15, 0.2) is 60.7 Å². The fourth-order valence-electron chi connectivity index (χ4n) is 2.05. The van der Waals surface area contributed by atoms with Gasteiger partial charge in [0.15, 0.2) is 0 Å². The van der Waals surface area contributed by atoms with Gasteiger partial charge in [-0.1, -0.05) is 60.7 Å². The highest BCUT2D eigenvalue weighted by Gasteiger charge is 2.15. The third kappa shape index (κ3) is 3.42. The molecule has 2 nitrogen and oxygen atoms in total. The van der Waals surface area contributed by atoms with Crippen LogP contribution in [-0.2, 0) is 6.54 Å². The summed E-state index contributed by atoms with van der Waals surface area (Å²) in [6.07, 6.45) is -0.420. The highest BCUT2D eigenvalue weighted by molar-refractivity contribution is 5.21. The molecule has 0 aliphatic rings. The fourth-order valence-corrected chi connectivity index (χ4v) is 2.05. The van der Waals surface area contributed by atoms with E-state index in [-0.39, 0.29) is 6.04 Å². The predicted molar refractivity (Wildman–Crippen MR) is 74.1 cm³/mol. The highest BCUT2D eigenvalue weighted by atomic mass is 16.3. The zero-order valence-electron chi connectivity index (χ0n) is 10.6. The molecule has 94 valence electrons. The number of hydrogen-bond donors (Lipinski definition) is 2. The Bertz CT molecular complexity index is 453. The summed E-state index contributed by atoms with van der Waals surface area (Å²) in [7, 11) is 0. The van der Waals surface area contributed by atoms with Crippen molar-refractivity contribution in [2.45, 2.75) is 25.6 Å². The molecule has 2 atom stereocenters. The van der Waals surface area contributed by atoms with Crippen molar-refractivity contribution in [3.05, 3.63) is 71.8 Å². The van der Waals surface area contributed by atoms with Crippen LogP contribution in [0.4, 0.5) is 0 Å². The van der Waals surface area contributed by atoms with Gasteiger partial charge < -0.3 is 10.4 Å². The maximum absolute atomic E-state index is 9.88. The van der Waals surface area contributed by atoms with Crippen molar-refractivity contribution < 1.29 is 5.11 Å². The maximum atomic E-state index is 9.88. The molecule has 18 heavy (non-hydrogen) atoms. The molecule has 0 aromatic heterocycles. The summed E-state index contributed by atoms with van der Waals surface area (Å²) in [4.78, 5) is 0. The standard InChI is InChI=1S/C16H19NO/c1-13(18)16(15-10-6-3-7-11-15)17-12-14-8-4-2-5-9-14/h2-11,13,16-18H,12H2,1H3/t13-,16+/m0/s1. The lowest BCUT2D eigenvalue weighted by atomic mass is 10.0. The molecule has 0 saturated heterocycles. The second-order valence-electron chi connectivity index (χ2n) is 4.50. The number of aliphatic hydroxyl groups excluding tert-OH is 1. The average Bonchev–Trinajstić information content (AvgIpc) is 2.41. The first-order valence-electron chi connectivity index (χ1n) is 6.27. The molecule has 2 aromatic rings. The Morgan fingerprint density at radius 1 is 0.944 bits per heavy atom. The van der Waals surface area contributed by atoms with Gasteiger partial charge in [0.05, 0.1) is 12.1 Å². The van der Waals surface area contributed by atoms with Gasteiger partial charge in [0, 0.05) is 6.54 Å². The third-order valence-corrected chi connectivity index (χ3v) is 3.01. The van der Waals surface area contributed by atoms with E-state index >= 15 is 0 Å². The van der Waals surface area contributed by atoms with Gasteiger partial charge in [0.2, 0.25) is 0 Å². The van der Waals surface area contributed by atoms with E-state index in [4.69, 9.17) is 0 Å². The van der Waals surface area contributed by atoms with Crippen LogP contribution < -0.4 is 5.32 Å². The molecule has 0 radical (unpaired) electrons. The smallest absolute Gasteiger partial charge is 0.0706 e. The molecule has 2 aromatic carbocycles. The summed E-state index contributed by atoms with van der Waals surface area (Å²) in [5.41, 5.74) is 2.34. The van der Waals surface area contributed by atoms with Crippen LogP contribution in [0.5, 0.6) is 0 Å². The van der Waals surface area contributed by atoms with Crippen LogP contribution in [0.2, 0.25) is 0 Å². The monoisotopic (exact) mass is 241 g/mol. The number of benzene rings is 2. The number of rotatable bonds is 5. The minimum Gasteiger partial charge on any atom is -0.391 e. The van der Waals surface area contributed by atoms with E-state index in [0.29, 0.717) is 0 Å². The fraction of sp³-hybridized carbons (Fsp3) is 0.250. The van der Waals surface area contributed by atoms with Gasteiger partial charge in [0.1, 0.15) is 0 Å². The van der Waals surface area contributed by atoms with E-state index in [1.807, 2.05) is 55.5 Å². The van der Waals surface area contributed by atoms with Crippen LogP contribution in [0, 0.1) is 0 Å². The van der Waals surface area contributed by atoms with E-state index in [9.17, 15) is 5.11 Å². The molecule has 0 spiro atoms. The topological polar surface area (TPSA) is 32.3 Å². The maximum Gasteiger partial charge on any atom is 0.0706 e. The van der Waals surface area contributed by atoms with Crippen molar-refractivity contribution in [2.24, 2.45) is 0 Å². The van der Waals surface area contributed by atoms with E-state index in [2.05, 4.69) is 17.4 Å². The van der Waals surface area contributed by atoms with Gasteiger partial charge >= 0.3 is 0 Å². The second-order valence-corrected chi connectivity index (χ2v) is 4.50. The van der Waals surface area contributed by atoms with Crippen LogP contribution in [-0.4, -0.2) is 11.2 Å². The molecule has 0 unspecified atom stereocenters. The summed E-state index contributed by atoms with van der Waals surface area (Å²) in [5, 5.41) is 13.3. The molecule has 0 aliphatic heterocycles. The van der Waals surface area contributed by atoms with Crippen molar-refractivity contribution in [1.82, 2.24) is 5.32 Å². The summed E-state index contributed by atoms with van der Waals surface area (Å²) >= 11 is 0. The molecular formula is C16H19NO. The highest BCUT2D eigenvalue weighted by Crippen LogP contribution is 2.17. The van der Waals surface area contributed by atoms with Crippen molar-refractivity contribution in [2.75, 3.05) is 0 Å². The molecule has 2 N–H and O–H groups in total. The Hall–Kier alpha value is -1.64. The van der Waals surface area contributed by atoms with Crippen molar-refractivity contribution in [3.8, 4) is 0 Å². The number of hydrogen-bond acceptors (Lipinski definition) is 2. The average molecular weight is 241 g/mol. The van der Waals surface area contributed by atoms with Crippen molar-refractivity contribution in [3.63, 3.8) is 0 Å². The summed E-state index contributed by atoms with van der Waals surface area (Å²) < 4.78 is 0. The van der Waals surface area contributed by atoms with Gasteiger partial charge in [-0.3, -0.25) is 0 Å². The summed E-state index contributed by atoms with van der Waals surface area (Å²) in [6.45, 7) is 2.57. The molecule has 0 amide bonds. The molecule has 2 rings (SSSR count). The normalized spacial score (nSPS) is 14.1. The first-order chi connectivity index (χ1) is 8.77. The SMILES string of the molecule is C[C@H](O)[C@@H](NCc1ccccc1)c1ccccc1. The first-order valence-corrected chi connectivity index (χ1v) is 6.27. The van der Waals surface area contributed by atoms with Crippen LogP contribution in [0.25, 0.3) is 0 Å². The van der Waals surface area contributed by atoms with Gasteiger partial charge in [-0.2, -0.15) is 0 Å². The molecule has 0 heterocycles. The quantitative estimate of drug-likeness (QED) is 0.843. The van der Waals surface area contributed by atoms with Gasteiger partial charge in [-0.25, -0.2) is 0 Å². The summed E-state index contributed by atoms with van der Waals surface area (Å²) in [6, 6.07) is 20.2. The van der Waals surface area contributed by atoms with Crippen molar-refractivity contribution >= 4 is 0 Å². The van der Waals surface area contributed by atoms with Gasteiger partial charge in [0.25, 0.3) is 0 Å². The Morgan fingerprint density at radius 3 is 2.06 bits per heavy atom. The third-order valence-electron chi connectivity index (χ3n) is 3.01. The van der Waals surface area contributed by atoms with Gasteiger partial charge in [-0.15, -0.1) is 0 Å². The zero-order valence-corrected chi connectivity index (χ0v) is 10.6. The summed E-state index contributed by atoms with van der Waals surface area (Å²) in [5.74, 6) is 0. The van der Waals surface area contributed by atoms with E-state index in [1.54, 1.807) is 0 Å². The largest absolute Gasteiger partial charge is 0.391 e. The van der Waals surface area contributed by atoms with E-state index < -0.39 is 6.10 Å². The lowest BCUT2D eigenvalue weighted by molar-refractivity contribution is 0.144. The van der Waals surface area contributed by atoms with Crippen LogP contribution in [0.1, 0.15) is 24.1 Å². The van der Waals surface area contributed by atoms with Crippen LogP contribution >= 0.6 is 0 Å². The predicted octanol–water partition coefficient (Wildman–Crippen LogP) is 2.90. The Kier molecular flexibility index (Phi) is 4.51. The first kappa shape index (κ1) is 12.8. The Morgan fingerprint density at radius 2 is 1.50 bits per heavy atom. The molecule has 2 heteroatoms. The molecule has 0 fully saturated rings. The molecular weight excluding hydrogens is 222 g/mol. The minimum absolute atomic E-state index is 0.0357. The number of nitrogens with one attached hydrogen (secondary N) is 1. The zero-order chi connectivity index (χ0) is 12.8. The van der Waals surface area contributed by atoms with E-state index in [1.165, 1.54) is 5.56 Å². The Balaban J connectivity index is 2.04. The van der Waals surface area contributed by atoms with Gasteiger partial charge in [-0.05, 0) is 18.1 Å². The molecule has 0 saturated carbocycles. The van der Waals surface area contributed by atoms with Crippen molar-refractivity contribution in [1.29, 1.82) is 0 Å². The Labute approximate surface area is 108 Å². The lowest BCUT2D eigenvalue weighted by Gasteiger charge is -2.22. The molecule has 0 bridgehead atoms. The molecule has 0 aliphatic carbocycles. The number of aliphatic hydroxyl groups is 1. The van der Waals surface area contributed by atoms with E-state index in [0.717, 1.165) is 12.1 Å². The lowest BCUT2D eigenvalue weighted by Crippen LogP contribution is -2.29.